The highest BCUT2D eigenvalue weighted by Crippen LogP contribution is 2.26. The molecule has 1 aliphatic carbocycles. The number of allylic oxidation sites excluding steroid dienone is 1. The molecule has 0 N–H and O–H groups in total. The number of hydrogen-bond donors (Lipinski definition) is 0. The minimum Gasteiger partial charge on any atom is -0.327 e. The molecule has 2 aromatic rings. The van der Waals surface area contributed by atoms with Crippen molar-refractivity contribution in [2.24, 2.45) is 0 Å². The lowest BCUT2D eigenvalue weighted by atomic mass is 10.1. The molecule has 0 amide bonds. The largest absolute Gasteiger partial charge is 0.327 e. The second-order valence-electron chi connectivity index (χ2n) is 4.79. The van der Waals surface area contributed by atoms with Crippen molar-refractivity contribution in [1.82, 2.24) is 9.55 Å². The topological polar surface area (TPSA) is 34.9 Å². The summed E-state index contributed by atoms with van der Waals surface area (Å²) in [6.45, 7) is 2.80. The second-order valence-corrected chi connectivity index (χ2v) is 5.81. The highest BCUT2D eigenvalue weighted by Gasteiger charge is 2.17. The molecule has 0 unspecified atom stereocenters. The summed E-state index contributed by atoms with van der Waals surface area (Å²) in [6.07, 6.45) is 4.28. The average Bonchev–Trinajstić information content (AvgIpc) is 2.78. The van der Waals surface area contributed by atoms with Crippen LogP contribution >= 0.6 is 15.9 Å². The Bertz CT molecular complexity index is 714. The molecule has 0 saturated carbocycles. The fourth-order valence-corrected chi connectivity index (χ4v) is 2.76. The number of aryl methyl sites for hydroxylation is 1. The van der Waals surface area contributed by atoms with Crippen LogP contribution in [0, 0.1) is 6.92 Å². The molecule has 1 heterocycles. The van der Waals surface area contributed by atoms with Crippen molar-refractivity contribution in [3.63, 3.8) is 0 Å². The third-order valence-corrected chi connectivity index (χ3v) is 3.81. The van der Waals surface area contributed by atoms with Gasteiger partial charge in [-0.15, -0.1) is 0 Å². The fraction of sp³-hybridized carbons (Fsp3) is 0.200. The first kappa shape index (κ1) is 12.4. The van der Waals surface area contributed by atoms with E-state index in [1.165, 1.54) is 11.1 Å². The summed E-state index contributed by atoms with van der Waals surface area (Å²) in [5, 5.41) is 0. The molecule has 1 aromatic heterocycles. The van der Waals surface area contributed by atoms with E-state index in [2.05, 4.69) is 52.1 Å². The number of rotatable bonds is 2. The number of nitrogens with zero attached hydrogens (tertiary/aromatic N) is 2. The minimum atomic E-state index is -0.124. The summed E-state index contributed by atoms with van der Waals surface area (Å²) >= 11 is 3.46. The van der Waals surface area contributed by atoms with Crippen LogP contribution in [0.3, 0.4) is 0 Å². The van der Waals surface area contributed by atoms with Gasteiger partial charge in [0.05, 0.1) is 12.0 Å². The minimum absolute atomic E-state index is 0.124. The first-order valence-corrected chi connectivity index (χ1v) is 6.93. The van der Waals surface area contributed by atoms with Gasteiger partial charge in [-0.3, -0.25) is 4.79 Å². The Balaban J connectivity index is 2.01. The number of aromatic nitrogens is 2. The van der Waals surface area contributed by atoms with Gasteiger partial charge in [0.25, 0.3) is 5.56 Å². The summed E-state index contributed by atoms with van der Waals surface area (Å²) in [7, 11) is 0. The summed E-state index contributed by atoms with van der Waals surface area (Å²) in [6, 6.07) is 8.40. The number of fused-ring (bicyclic) bond motifs is 1. The van der Waals surface area contributed by atoms with Gasteiger partial charge >= 0.3 is 0 Å². The molecule has 1 aliphatic rings. The smallest absolute Gasteiger partial charge is 0.276 e. The molecule has 3 nitrogen and oxygen atoms in total. The normalized spacial score (nSPS) is 13.3. The maximum absolute atomic E-state index is 11.7. The average molecular weight is 317 g/mol. The summed E-state index contributed by atoms with van der Waals surface area (Å²) in [4.78, 5) is 15.7. The SMILES string of the molecule is Cc1ccc(Cn2cnc(=O)c3c2C=C(Br)C3)cc1. The van der Waals surface area contributed by atoms with Crippen LogP contribution in [-0.2, 0) is 13.0 Å². The molecule has 4 heteroatoms. The predicted octanol–water partition coefficient (Wildman–Crippen LogP) is 2.89. The number of halogens is 1. The van der Waals surface area contributed by atoms with Gasteiger partial charge in [-0.1, -0.05) is 45.8 Å². The zero-order valence-corrected chi connectivity index (χ0v) is 12.1. The van der Waals surface area contributed by atoms with Gasteiger partial charge in [-0.05, 0) is 18.6 Å². The molecule has 0 bridgehead atoms. The Morgan fingerprint density at radius 1 is 1.32 bits per heavy atom. The van der Waals surface area contributed by atoms with Crippen LogP contribution in [0.4, 0.5) is 0 Å². The standard InChI is InChI=1S/C15H13BrN2O/c1-10-2-4-11(5-3-10)8-18-9-17-15(19)13-6-12(16)7-14(13)18/h2-5,7,9H,6,8H2,1H3. The maximum Gasteiger partial charge on any atom is 0.276 e. The Labute approximate surface area is 119 Å². The van der Waals surface area contributed by atoms with Crippen LogP contribution in [0.15, 0.2) is 39.9 Å². The van der Waals surface area contributed by atoms with E-state index < -0.39 is 0 Å². The molecule has 96 valence electrons. The molecule has 0 fully saturated rings. The molecule has 0 aliphatic heterocycles. The second kappa shape index (κ2) is 4.78. The van der Waals surface area contributed by atoms with Gasteiger partial charge in [-0.25, -0.2) is 0 Å². The van der Waals surface area contributed by atoms with E-state index in [1.807, 2.05) is 10.6 Å². The van der Waals surface area contributed by atoms with Gasteiger partial charge in [0, 0.05) is 23.0 Å². The molecule has 3 rings (SSSR count). The Hall–Kier alpha value is -1.68. The van der Waals surface area contributed by atoms with Crippen LogP contribution in [0.1, 0.15) is 22.4 Å². The molecule has 1 aromatic carbocycles. The van der Waals surface area contributed by atoms with Crippen LogP contribution in [0.2, 0.25) is 0 Å². The van der Waals surface area contributed by atoms with Crippen molar-refractivity contribution >= 4 is 22.0 Å². The predicted molar refractivity (Wildman–Crippen MR) is 79.4 cm³/mol. The zero-order chi connectivity index (χ0) is 13.4. The van der Waals surface area contributed by atoms with E-state index in [0.29, 0.717) is 6.42 Å². The van der Waals surface area contributed by atoms with Gasteiger partial charge in [-0.2, -0.15) is 4.98 Å². The van der Waals surface area contributed by atoms with Crippen molar-refractivity contribution in [3.05, 3.63) is 67.8 Å². The number of hydrogen-bond acceptors (Lipinski definition) is 2. The van der Waals surface area contributed by atoms with E-state index in [1.54, 1.807) is 6.33 Å². The first-order valence-electron chi connectivity index (χ1n) is 6.13. The lowest BCUT2D eigenvalue weighted by molar-refractivity contribution is 0.744. The molecular weight excluding hydrogens is 304 g/mol. The van der Waals surface area contributed by atoms with Gasteiger partial charge in [0.1, 0.15) is 0 Å². The van der Waals surface area contributed by atoms with Crippen molar-refractivity contribution in [1.29, 1.82) is 0 Å². The quantitative estimate of drug-likeness (QED) is 0.854. The van der Waals surface area contributed by atoms with E-state index in [9.17, 15) is 4.79 Å². The van der Waals surface area contributed by atoms with E-state index in [4.69, 9.17) is 0 Å². The van der Waals surface area contributed by atoms with E-state index >= 15 is 0 Å². The van der Waals surface area contributed by atoms with Crippen LogP contribution in [0.25, 0.3) is 6.08 Å². The molecule has 0 spiro atoms. The fourth-order valence-electron chi connectivity index (χ4n) is 2.27. The van der Waals surface area contributed by atoms with Gasteiger partial charge in [0.15, 0.2) is 0 Å². The van der Waals surface area contributed by atoms with Crippen molar-refractivity contribution in [2.75, 3.05) is 0 Å². The summed E-state index contributed by atoms with van der Waals surface area (Å²) in [5.74, 6) is 0. The lowest BCUT2D eigenvalue weighted by Crippen LogP contribution is -2.18. The molecule has 0 radical (unpaired) electrons. The Morgan fingerprint density at radius 2 is 2.05 bits per heavy atom. The first-order chi connectivity index (χ1) is 9.13. The third-order valence-electron chi connectivity index (χ3n) is 3.30. The Kier molecular flexibility index (Phi) is 3.11. The monoisotopic (exact) mass is 316 g/mol. The molecule has 0 atom stereocenters. The molecular formula is C15H13BrN2O. The molecule has 19 heavy (non-hydrogen) atoms. The van der Waals surface area contributed by atoms with E-state index in [0.717, 1.165) is 22.3 Å². The van der Waals surface area contributed by atoms with Gasteiger partial charge in [0.2, 0.25) is 0 Å². The van der Waals surface area contributed by atoms with Crippen LogP contribution < -0.4 is 5.56 Å². The third kappa shape index (κ3) is 2.40. The Morgan fingerprint density at radius 3 is 2.79 bits per heavy atom. The highest BCUT2D eigenvalue weighted by atomic mass is 79.9. The lowest BCUT2D eigenvalue weighted by Gasteiger charge is -2.11. The van der Waals surface area contributed by atoms with Crippen molar-refractivity contribution < 1.29 is 0 Å². The summed E-state index contributed by atoms with van der Waals surface area (Å²) < 4.78 is 3.06. The van der Waals surface area contributed by atoms with Crippen molar-refractivity contribution in [2.45, 2.75) is 19.9 Å². The van der Waals surface area contributed by atoms with Gasteiger partial charge < -0.3 is 4.57 Å². The highest BCUT2D eigenvalue weighted by molar-refractivity contribution is 9.11. The molecule has 0 saturated heterocycles. The summed E-state index contributed by atoms with van der Waals surface area (Å²) in [5.41, 5.74) is 4.07. The van der Waals surface area contributed by atoms with Crippen LogP contribution in [-0.4, -0.2) is 9.55 Å². The maximum atomic E-state index is 11.7. The van der Waals surface area contributed by atoms with Crippen molar-refractivity contribution in [3.8, 4) is 0 Å². The number of benzene rings is 1. The zero-order valence-electron chi connectivity index (χ0n) is 10.6. The van der Waals surface area contributed by atoms with E-state index in [-0.39, 0.29) is 5.56 Å². The van der Waals surface area contributed by atoms with Crippen LogP contribution in [0.5, 0.6) is 0 Å².